The highest BCUT2D eigenvalue weighted by Gasteiger charge is 2.28. The molecule has 0 spiro atoms. The molecule has 96 valence electrons. The molecular weight excluding hydrogens is 228 g/mol. The molecule has 2 unspecified atom stereocenters. The van der Waals surface area contributed by atoms with E-state index in [0.717, 1.165) is 0 Å². The molecule has 3 N–H and O–H groups in total. The molecule has 1 saturated heterocycles. The summed E-state index contributed by atoms with van der Waals surface area (Å²) in [5.41, 5.74) is 0. The van der Waals surface area contributed by atoms with Gasteiger partial charge in [-0.1, -0.05) is 0 Å². The lowest BCUT2D eigenvalue weighted by molar-refractivity contribution is -0.137. The Kier molecular flexibility index (Phi) is 4.89. The Hall–Kier alpha value is -1.63. The molecule has 1 rings (SSSR count). The Morgan fingerprint density at radius 2 is 2.00 bits per heavy atom. The Balaban J connectivity index is 2.19. The van der Waals surface area contributed by atoms with Crippen LogP contribution in [0, 0.1) is 5.92 Å². The van der Waals surface area contributed by atoms with Crippen molar-refractivity contribution in [2.45, 2.75) is 19.4 Å². The first-order valence-corrected chi connectivity index (χ1v) is 5.37. The van der Waals surface area contributed by atoms with E-state index >= 15 is 0 Å². The molecule has 2 amide bonds. The second kappa shape index (κ2) is 6.19. The normalized spacial score (nSPS) is 23.1. The van der Waals surface area contributed by atoms with E-state index < -0.39 is 18.4 Å². The van der Waals surface area contributed by atoms with Crippen molar-refractivity contribution < 1.29 is 24.2 Å². The van der Waals surface area contributed by atoms with E-state index in [1.165, 1.54) is 0 Å². The highest BCUT2D eigenvalue weighted by atomic mass is 16.5. The van der Waals surface area contributed by atoms with Crippen LogP contribution in [0.4, 0.5) is 0 Å². The third kappa shape index (κ3) is 4.81. The van der Waals surface area contributed by atoms with Crippen LogP contribution in [0.3, 0.4) is 0 Å². The molecule has 1 aliphatic rings. The summed E-state index contributed by atoms with van der Waals surface area (Å²) in [7, 11) is 0. The Morgan fingerprint density at radius 1 is 1.29 bits per heavy atom. The molecule has 0 aliphatic carbocycles. The minimum atomic E-state index is -1.12. The third-order valence-electron chi connectivity index (χ3n) is 2.43. The monoisotopic (exact) mass is 244 g/mol. The average molecular weight is 244 g/mol. The van der Waals surface area contributed by atoms with Crippen LogP contribution in [-0.2, 0) is 19.1 Å². The van der Waals surface area contributed by atoms with Crippen LogP contribution >= 0.6 is 0 Å². The minimum Gasteiger partial charge on any atom is -0.480 e. The highest BCUT2D eigenvalue weighted by molar-refractivity contribution is 5.87. The fourth-order valence-corrected chi connectivity index (χ4v) is 1.55. The number of carboxylic acid groups (broad SMARTS) is 1. The topological polar surface area (TPSA) is 105 Å². The second-order valence-electron chi connectivity index (χ2n) is 3.96. The zero-order valence-corrected chi connectivity index (χ0v) is 9.56. The van der Waals surface area contributed by atoms with Gasteiger partial charge >= 0.3 is 5.97 Å². The number of hydrogen-bond acceptors (Lipinski definition) is 4. The lowest BCUT2D eigenvalue weighted by Gasteiger charge is -2.08. The lowest BCUT2D eigenvalue weighted by Crippen LogP contribution is -2.41. The quantitative estimate of drug-likeness (QED) is 0.559. The third-order valence-corrected chi connectivity index (χ3v) is 2.43. The SMILES string of the molecule is CC1CC(C(=O)NCC(=O)NCC(=O)O)CO1. The molecule has 1 heterocycles. The van der Waals surface area contributed by atoms with Crippen molar-refractivity contribution in [2.75, 3.05) is 19.7 Å². The Labute approximate surface area is 98.5 Å². The molecular formula is C10H16N2O5. The number of carbonyl (C=O) groups excluding carboxylic acids is 2. The van der Waals surface area contributed by atoms with E-state index in [1.807, 2.05) is 6.92 Å². The van der Waals surface area contributed by atoms with Crippen LogP contribution < -0.4 is 10.6 Å². The summed E-state index contributed by atoms with van der Waals surface area (Å²) in [4.78, 5) is 32.8. The van der Waals surface area contributed by atoms with Crippen molar-refractivity contribution in [3.05, 3.63) is 0 Å². The molecule has 7 nitrogen and oxygen atoms in total. The van der Waals surface area contributed by atoms with E-state index in [0.29, 0.717) is 13.0 Å². The molecule has 0 radical (unpaired) electrons. The zero-order valence-electron chi connectivity index (χ0n) is 9.56. The summed E-state index contributed by atoms with van der Waals surface area (Å²) < 4.78 is 5.23. The number of amides is 2. The fraction of sp³-hybridized carbons (Fsp3) is 0.700. The molecule has 0 aromatic carbocycles. The molecule has 0 aromatic heterocycles. The standard InChI is InChI=1S/C10H16N2O5/c1-6-2-7(5-17-6)10(16)12-3-8(13)11-4-9(14)15/h6-7H,2-5H2,1H3,(H,11,13)(H,12,16)(H,14,15). The predicted molar refractivity (Wildman–Crippen MR) is 57.2 cm³/mol. The Bertz CT molecular complexity index is 318. The van der Waals surface area contributed by atoms with Crippen LogP contribution in [0.15, 0.2) is 0 Å². The van der Waals surface area contributed by atoms with E-state index in [4.69, 9.17) is 9.84 Å². The van der Waals surface area contributed by atoms with Gasteiger partial charge in [-0.05, 0) is 13.3 Å². The van der Waals surface area contributed by atoms with Gasteiger partial charge in [-0.15, -0.1) is 0 Å². The summed E-state index contributed by atoms with van der Waals surface area (Å²) in [6, 6.07) is 0. The van der Waals surface area contributed by atoms with Crippen LogP contribution in [0.1, 0.15) is 13.3 Å². The number of ether oxygens (including phenoxy) is 1. The number of nitrogens with one attached hydrogen (secondary N) is 2. The summed E-state index contributed by atoms with van der Waals surface area (Å²) in [5, 5.41) is 12.9. The van der Waals surface area contributed by atoms with Gasteiger partial charge in [0.1, 0.15) is 6.54 Å². The summed E-state index contributed by atoms with van der Waals surface area (Å²) in [6.07, 6.45) is 0.703. The molecule has 0 bridgehead atoms. The first-order chi connectivity index (χ1) is 7.99. The van der Waals surface area contributed by atoms with Crippen molar-refractivity contribution >= 4 is 17.8 Å². The van der Waals surface area contributed by atoms with Gasteiger partial charge in [-0.3, -0.25) is 14.4 Å². The maximum atomic E-state index is 11.5. The van der Waals surface area contributed by atoms with Crippen molar-refractivity contribution in [1.82, 2.24) is 10.6 Å². The van der Waals surface area contributed by atoms with Gasteiger partial charge in [0.25, 0.3) is 0 Å². The van der Waals surface area contributed by atoms with Gasteiger partial charge in [-0.2, -0.15) is 0 Å². The maximum Gasteiger partial charge on any atom is 0.322 e. The number of hydrogen-bond donors (Lipinski definition) is 3. The largest absolute Gasteiger partial charge is 0.480 e. The van der Waals surface area contributed by atoms with Gasteiger partial charge in [-0.25, -0.2) is 0 Å². The predicted octanol–water partition coefficient (Wildman–Crippen LogP) is -1.27. The maximum absolute atomic E-state index is 11.5. The Morgan fingerprint density at radius 3 is 2.53 bits per heavy atom. The molecule has 1 fully saturated rings. The molecule has 17 heavy (non-hydrogen) atoms. The summed E-state index contributed by atoms with van der Waals surface area (Å²) >= 11 is 0. The molecule has 7 heteroatoms. The van der Waals surface area contributed by atoms with E-state index in [9.17, 15) is 14.4 Å². The minimum absolute atomic E-state index is 0.0617. The van der Waals surface area contributed by atoms with Crippen molar-refractivity contribution in [3.63, 3.8) is 0 Å². The van der Waals surface area contributed by atoms with Gasteiger partial charge in [0.15, 0.2) is 0 Å². The van der Waals surface area contributed by atoms with Crippen LogP contribution in [0.2, 0.25) is 0 Å². The molecule has 0 aromatic rings. The van der Waals surface area contributed by atoms with Gasteiger partial charge < -0.3 is 20.5 Å². The summed E-state index contributed by atoms with van der Waals surface area (Å²) in [6.45, 7) is 1.59. The average Bonchev–Trinajstić information content (AvgIpc) is 2.70. The smallest absolute Gasteiger partial charge is 0.322 e. The van der Waals surface area contributed by atoms with E-state index in [1.54, 1.807) is 0 Å². The summed E-state index contributed by atoms with van der Waals surface area (Å²) in [5.74, 6) is -2.10. The first kappa shape index (κ1) is 13.4. The van der Waals surface area contributed by atoms with Crippen LogP contribution in [0.5, 0.6) is 0 Å². The van der Waals surface area contributed by atoms with Gasteiger partial charge in [0, 0.05) is 0 Å². The van der Waals surface area contributed by atoms with Gasteiger partial charge in [0.05, 0.1) is 25.2 Å². The highest BCUT2D eigenvalue weighted by Crippen LogP contribution is 2.18. The zero-order chi connectivity index (χ0) is 12.8. The number of carboxylic acids is 1. The van der Waals surface area contributed by atoms with E-state index in [2.05, 4.69) is 10.6 Å². The van der Waals surface area contributed by atoms with Crippen LogP contribution in [-0.4, -0.2) is 48.7 Å². The van der Waals surface area contributed by atoms with Crippen LogP contribution in [0.25, 0.3) is 0 Å². The fourth-order valence-electron chi connectivity index (χ4n) is 1.55. The first-order valence-electron chi connectivity index (χ1n) is 5.37. The molecule has 1 aliphatic heterocycles. The van der Waals surface area contributed by atoms with Crippen molar-refractivity contribution in [1.29, 1.82) is 0 Å². The lowest BCUT2D eigenvalue weighted by atomic mass is 10.1. The van der Waals surface area contributed by atoms with E-state index in [-0.39, 0.29) is 24.5 Å². The van der Waals surface area contributed by atoms with Crippen molar-refractivity contribution in [2.24, 2.45) is 5.92 Å². The molecule has 2 atom stereocenters. The molecule has 0 saturated carbocycles. The number of carbonyl (C=O) groups is 3. The number of rotatable bonds is 5. The number of aliphatic carboxylic acids is 1. The van der Waals surface area contributed by atoms with Gasteiger partial charge in [0.2, 0.25) is 11.8 Å². The van der Waals surface area contributed by atoms with Crippen molar-refractivity contribution in [3.8, 4) is 0 Å². The second-order valence-corrected chi connectivity index (χ2v) is 3.96.